The number of hydrogen-bond acceptors (Lipinski definition) is 3. The molecular formula is C7H12O3. The first-order chi connectivity index (χ1) is 4.69. The summed E-state index contributed by atoms with van der Waals surface area (Å²) in [4.78, 5) is 10.8. The predicted octanol–water partition coefficient (Wildman–Crippen LogP) is -0.147. The molecule has 1 saturated carbocycles. The maximum absolute atomic E-state index is 10.8. The summed E-state index contributed by atoms with van der Waals surface area (Å²) in [5.74, 6) is -0.426. The maximum Gasteiger partial charge on any atom is 0.189 e. The number of Topliss-reactive ketones (excluding diaryl/α,β-unsaturated/α-hetero) is 1. The number of rotatable bonds is 2. The van der Waals surface area contributed by atoms with Gasteiger partial charge in [-0.1, -0.05) is 0 Å². The first kappa shape index (κ1) is 7.69. The van der Waals surface area contributed by atoms with Gasteiger partial charge in [0.05, 0.1) is 0 Å². The van der Waals surface area contributed by atoms with E-state index in [0.717, 1.165) is 12.8 Å². The van der Waals surface area contributed by atoms with Crippen molar-refractivity contribution < 1.29 is 15.0 Å². The Kier molecular flexibility index (Phi) is 2.06. The van der Waals surface area contributed by atoms with Gasteiger partial charge in [0.2, 0.25) is 0 Å². The number of carbonyl (C=O) groups excluding carboxylic acids is 1. The van der Waals surface area contributed by atoms with Crippen LogP contribution in [0.2, 0.25) is 0 Å². The fourth-order valence-corrected chi connectivity index (χ4v) is 1.39. The minimum atomic E-state index is -1.19. The Morgan fingerprint density at radius 3 is 2.30 bits per heavy atom. The highest BCUT2D eigenvalue weighted by Crippen LogP contribution is 2.29. The second-order valence-electron chi connectivity index (χ2n) is 2.82. The Bertz CT molecular complexity index is 136. The first-order valence-electron chi connectivity index (χ1n) is 3.55. The van der Waals surface area contributed by atoms with E-state index in [1.54, 1.807) is 0 Å². The van der Waals surface area contributed by atoms with Gasteiger partial charge in [0.15, 0.2) is 5.78 Å². The molecule has 0 aromatic carbocycles. The van der Waals surface area contributed by atoms with E-state index in [-0.39, 0.29) is 0 Å². The van der Waals surface area contributed by atoms with Crippen LogP contribution in [0.25, 0.3) is 0 Å². The van der Waals surface area contributed by atoms with Crippen molar-refractivity contribution in [3.05, 3.63) is 0 Å². The smallest absolute Gasteiger partial charge is 0.189 e. The topological polar surface area (TPSA) is 57.5 Å². The lowest BCUT2D eigenvalue weighted by Gasteiger charge is -2.18. The Morgan fingerprint density at radius 1 is 1.40 bits per heavy atom. The molecular weight excluding hydrogens is 132 g/mol. The van der Waals surface area contributed by atoms with Crippen LogP contribution in [0.5, 0.6) is 0 Å². The summed E-state index contributed by atoms with van der Waals surface area (Å²) < 4.78 is 0. The van der Waals surface area contributed by atoms with E-state index in [2.05, 4.69) is 0 Å². The van der Waals surface area contributed by atoms with E-state index in [1.807, 2.05) is 0 Å². The Hall–Kier alpha value is -0.410. The van der Waals surface area contributed by atoms with Crippen LogP contribution in [0.4, 0.5) is 0 Å². The van der Waals surface area contributed by atoms with Crippen molar-refractivity contribution in [3.63, 3.8) is 0 Å². The van der Waals surface area contributed by atoms with Crippen LogP contribution in [-0.2, 0) is 4.79 Å². The van der Waals surface area contributed by atoms with Gasteiger partial charge in [-0.25, -0.2) is 0 Å². The number of hydrogen-bond donors (Lipinski definition) is 2. The Morgan fingerprint density at radius 2 is 1.90 bits per heavy atom. The van der Waals surface area contributed by atoms with E-state index >= 15 is 0 Å². The van der Waals surface area contributed by atoms with Crippen molar-refractivity contribution in [3.8, 4) is 0 Å². The fraction of sp³-hybridized carbons (Fsp3) is 0.857. The summed E-state index contributed by atoms with van der Waals surface area (Å²) in [6, 6.07) is 0. The van der Waals surface area contributed by atoms with Gasteiger partial charge < -0.3 is 10.2 Å². The monoisotopic (exact) mass is 144 g/mol. The van der Waals surface area contributed by atoms with E-state index in [1.165, 1.54) is 0 Å². The lowest BCUT2D eigenvalue weighted by molar-refractivity contribution is -0.139. The number of ketones is 1. The average molecular weight is 144 g/mol. The van der Waals surface area contributed by atoms with E-state index < -0.39 is 18.0 Å². The summed E-state index contributed by atoms with van der Waals surface area (Å²) in [5.41, 5.74) is -1.19. The molecule has 0 aromatic rings. The van der Waals surface area contributed by atoms with Crippen LogP contribution >= 0.6 is 0 Å². The van der Waals surface area contributed by atoms with Gasteiger partial charge >= 0.3 is 0 Å². The summed E-state index contributed by atoms with van der Waals surface area (Å²) in [7, 11) is 0. The molecule has 1 aliphatic carbocycles. The van der Waals surface area contributed by atoms with Crippen LogP contribution in [0.3, 0.4) is 0 Å². The Balaban J connectivity index is 2.58. The number of aliphatic hydroxyl groups is 2. The van der Waals surface area contributed by atoms with Crippen LogP contribution in [0, 0.1) is 0 Å². The van der Waals surface area contributed by atoms with Crippen LogP contribution in [0.15, 0.2) is 0 Å². The van der Waals surface area contributed by atoms with Gasteiger partial charge in [-0.15, -0.1) is 0 Å². The van der Waals surface area contributed by atoms with Gasteiger partial charge in [0, 0.05) is 0 Å². The van der Waals surface area contributed by atoms with Gasteiger partial charge in [0.1, 0.15) is 12.2 Å². The molecule has 0 radical (unpaired) electrons. The molecule has 0 spiro atoms. The van der Waals surface area contributed by atoms with Gasteiger partial charge in [-0.2, -0.15) is 0 Å². The van der Waals surface area contributed by atoms with Crippen molar-refractivity contribution in [1.29, 1.82) is 0 Å². The van der Waals surface area contributed by atoms with E-state index in [9.17, 15) is 9.90 Å². The largest absolute Gasteiger partial charge is 0.388 e. The molecule has 0 amide bonds. The molecule has 0 saturated heterocycles. The molecule has 2 N–H and O–H groups in total. The van der Waals surface area contributed by atoms with Crippen molar-refractivity contribution in [1.82, 2.24) is 0 Å². The fourth-order valence-electron chi connectivity index (χ4n) is 1.39. The molecule has 0 heterocycles. The Labute approximate surface area is 59.7 Å². The van der Waals surface area contributed by atoms with Crippen LogP contribution in [0.1, 0.15) is 25.7 Å². The summed E-state index contributed by atoms with van der Waals surface area (Å²) in [6.07, 6.45) is 2.82. The first-order valence-corrected chi connectivity index (χ1v) is 3.55. The third-order valence-electron chi connectivity index (χ3n) is 2.09. The van der Waals surface area contributed by atoms with Crippen molar-refractivity contribution in [2.24, 2.45) is 0 Å². The molecule has 3 nitrogen and oxygen atoms in total. The highest BCUT2D eigenvalue weighted by Gasteiger charge is 2.37. The molecule has 58 valence electrons. The maximum atomic E-state index is 10.8. The molecule has 10 heavy (non-hydrogen) atoms. The van der Waals surface area contributed by atoms with Gasteiger partial charge in [-0.3, -0.25) is 4.79 Å². The van der Waals surface area contributed by atoms with Crippen molar-refractivity contribution in [2.45, 2.75) is 31.3 Å². The third-order valence-corrected chi connectivity index (χ3v) is 2.09. The molecule has 1 rings (SSSR count). The lowest BCUT2D eigenvalue weighted by Crippen LogP contribution is -2.37. The normalized spacial score (nSPS) is 23.0. The average Bonchev–Trinajstić information content (AvgIpc) is 2.36. The molecule has 0 unspecified atom stereocenters. The van der Waals surface area contributed by atoms with E-state index in [0.29, 0.717) is 12.8 Å². The second kappa shape index (κ2) is 2.68. The standard InChI is InChI=1S/C7H12O3/c8-5-6(9)7(10)3-1-2-4-7/h8,10H,1-5H2. The lowest BCUT2D eigenvalue weighted by atomic mass is 9.97. The molecule has 0 atom stereocenters. The van der Waals surface area contributed by atoms with E-state index in [4.69, 9.17) is 5.11 Å². The quantitative estimate of drug-likeness (QED) is 0.566. The minimum absolute atomic E-state index is 0.426. The zero-order valence-corrected chi connectivity index (χ0v) is 5.84. The third kappa shape index (κ3) is 1.20. The number of aliphatic hydroxyl groups excluding tert-OH is 1. The summed E-state index contributed by atoms with van der Waals surface area (Å²) >= 11 is 0. The molecule has 1 fully saturated rings. The molecule has 0 bridgehead atoms. The highest BCUT2D eigenvalue weighted by molar-refractivity contribution is 5.88. The zero-order chi connectivity index (χ0) is 7.61. The van der Waals surface area contributed by atoms with Crippen LogP contribution < -0.4 is 0 Å². The predicted molar refractivity (Wildman–Crippen MR) is 35.5 cm³/mol. The van der Waals surface area contributed by atoms with Gasteiger partial charge in [0.25, 0.3) is 0 Å². The SMILES string of the molecule is O=C(CO)C1(O)CCCC1. The summed E-state index contributed by atoms with van der Waals surface area (Å²) in [6.45, 7) is -0.531. The molecule has 1 aliphatic rings. The zero-order valence-electron chi connectivity index (χ0n) is 5.84. The second-order valence-corrected chi connectivity index (χ2v) is 2.82. The van der Waals surface area contributed by atoms with Crippen molar-refractivity contribution in [2.75, 3.05) is 6.61 Å². The highest BCUT2D eigenvalue weighted by atomic mass is 16.3. The van der Waals surface area contributed by atoms with Crippen molar-refractivity contribution >= 4 is 5.78 Å². The number of carbonyl (C=O) groups is 1. The molecule has 0 aliphatic heterocycles. The summed E-state index contributed by atoms with van der Waals surface area (Å²) in [5, 5.41) is 17.9. The molecule has 3 heteroatoms. The molecule has 0 aromatic heterocycles. The minimum Gasteiger partial charge on any atom is -0.388 e. The van der Waals surface area contributed by atoms with Crippen LogP contribution in [-0.4, -0.2) is 28.2 Å². The van der Waals surface area contributed by atoms with Gasteiger partial charge in [-0.05, 0) is 25.7 Å².